The van der Waals surface area contributed by atoms with E-state index in [2.05, 4.69) is 10.3 Å². The van der Waals surface area contributed by atoms with Gasteiger partial charge in [-0.1, -0.05) is 36.4 Å². The van der Waals surface area contributed by atoms with Gasteiger partial charge in [-0.25, -0.2) is 4.98 Å². The van der Waals surface area contributed by atoms with Crippen LogP contribution in [0.4, 0.5) is 5.69 Å². The van der Waals surface area contributed by atoms with Gasteiger partial charge in [0.05, 0.1) is 17.7 Å². The molecular formula is C20H17N3O3. The lowest BCUT2D eigenvalue weighted by molar-refractivity contribution is -0.127. The number of pyridine rings is 1. The minimum absolute atomic E-state index is 0.129. The Labute approximate surface area is 150 Å². The van der Waals surface area contributed by atoms with E-state index in [9.17, 15) is 9.59 Å². The number of carbonyl (C=O) groups excluding carboxylic acids is 2. The first-order valence-electron chi connectivity index (χ1n) is 8.32. The van der Waals surface area contributed by atoms with E-state index in [-0.39, 0.29) is 18.4 Å². The molecule has 130 valence electrons. The van der Waals surface area contributed by atoms with Gasteiger partial charge in [0.15, 0.2) is 6.10 Å². The Morgan fingerprint density at radius 3 is 2.69 bits per heavy atom. The van der Waals surface area contributed by atoms with Gasteiger partial charge in [-0.15, -0.1) is 0 Å². The second kappa shape index (κ2) is 6.48. The highest BCUT2D eigenvalue weighted by atomic mass is 16.5. The second-order valence-electron chi connectivity index (χ2n) is 5.99. The van der Waals surface area contributed by atoms with Crippen LogP contribution in [0, 0.1) is 0 Å². The number of ether oxygens (including phenoxy) is 1. The van der Waals surface area contributed by atoms with Gasteiger partial charge in [-0.3, -0.25) is 14.5 Å². The van der Waals surface area contributed by atoms with Gasteiger partial charge in [-0.2, -0.15) is 0 Å². The topological polar surface area (TPSA) is 71.5 Å². The number of nitrogens with zero attached hydrogens (tertiary/aromatic N) is 2. The van der Waals surface area contributed by atoms with Crippen molar-refractivity contribution in [1.82, 2.24) is 10.3 Å². The minimum Gasteiger partial charge on any atom is -0.477 e. The number of anilines is 1. The molecule has 0 spiro atoms. The van der Waals surface area contributed by atoms with E-state index in [4.69, 9.17) is 4.74 Å². The molecule has 0 radical (unpaired) electrons. The van der Waals surface area contributed by atoms with E-state index < -0.39 is 6.10 Å². The Kier molecular flexibility index (Phi) is 4.01. The first-order valence-corrected chi connectivity index (χ1v) is 8.32. The molecule has 0 saturated heterocycles. The molecule has 0 aliphatic carbocycles. The van der Waals surface area contributed by atoms with Gasteiger partial charge in [0.25, 0.3) is 11.8 Å². The van der Waals surface area contributed by atoms with Crippen LogP contribution in [0.1, 0.15) is 10.5 Å². The summed E-state index contributed by atoms with van der Waals surface area (Å²) in [6.07, 6.45) is -0.765. The maximum absolute atomic E-state index is 13.1. The summed E-state index contributed by atoms with van der Waals surface area (Å²) in [7, 11) is 1.54. The first-order chi connectivity index (χ1) is 12.7. The van der Waals surface area contributed by atoms with E-state index in [1.807, 2.05) is 42.5 Å². The highest BCUT2D eigenvalue weighted by Crippen LogP contribution is 2.34. The van der Waals surface area contributed by atoms with Crippen molar-refractivity contribution in [1.29, 1.82) is 0 Å². The SMILES string of the molecule is CNC(=O)C1CN(C(=O)c2ccc3ccccc3n2)c2ccccc2O1. The third-order valence-corrected chi connectivity index (χ3v) is 4.38. The molecule has 1 unspecified atom stereocenters. The Morgan fingerprint density at radius 2 is 1.85 bits per heavy atom. The summed E-state index contributed by atoms with van der Waals surface area (Å²) in [5, 5.41) is 3.54. The summed E-state index contributed by atoms with van der Waals surface area (Å²) >= 11 is 0. The molecule has 1 aliphatic rings. The largest absolute Gasteiger partial charge is 0.477 e. The van der Waals surface area contributed by atoms with Gasteiger partial charge in [0, 0.05) is 12.4 Å². The van der Waals surface area contributed by atoms with Gasteiger partial charge >= 0.3 is 0 Å². The van der Waals surface area contributed by atoms with Crippen molar-refractivity contribution >= 4 is 28.4 Å². The fraction of sp³-hybridized carbons (Fsp3) is 0.150. The number of rotatable bonds is 2. The molecule has 1 aliphatic heterocycles. The van der Waals surface area contributed by atoms with Crippen molar-refractivity contribution in [3.63, 3.8) is 0 Å². The Bertz CT molecular complexity index is 1000. The third kappa shape index (κ3) is 2.75. The average molecular weight is 347 g/mol. The van der Waals surface area contributed by atoms with Crippen molar-refractivity contribution in [2.24, 2.45) is 0 Å². The summed E-state index contributed by atoms with van der Waals surface area (Å²) in [5.41, 5.74) is 1.71. The van der Waals surface area contributed by atoms with E-state index >= 15 is 0 Å². The lowest BCUT2D eigenvalue weighted by atomic mass is 10.1. The molecular weight excluding hydrogens is 330 g/mol. The third-order valence-electron chi connectivity index (χ3n) is 4.38. The normalized spacial score (nSPS) is 15.9. The van der Waals surface area contributed by atoms with Crippen molar-refractivity contribution in [2.45, 2.75) is 6.10 Å². The van der Waals surface area contributed by atoms with Crippen LogP contribution in [-0.4, -0.2) is 36.5 Å². The van der Waals surface area contributed by atoms with Crippen molar-refractivity contribution in [2.75, 3.05) is 18.5 Å². The molecule has 6 heteroatoms. The molecule has 6 nitrogen and oxygen atoms in total. The molecule has 2 heterocycles. The van der Waals surface area contributed by atoms with Crippen molar-refractivity contribution < 1.29 is 14.3 Å². The van der Waals surface area contributed by atoms with Crippen LogP contribution in [0.5, 0.6) is 5.75 Å². The summed E-state index contributed by atoms with van der Waals surface area (Å²) < 4.78 is 5.74. The fourth-order valence-electron chi connectivity index (χ4n) is 3.05. The zero-order chi connectivity index (χ0) is 18.1. The molecule has 2 aromatic carbocycles. The molecule has 2 amide bonds. The van der Waals surface area contributed by atoms with Crippen LogP contribution in [0.25, 0.3) is 10.9 Å². The number of hydrogen-bond donors (Lipinski definition) is 1. The quantitative estimate of drug-likeness (QED) is 0.773. The molecule has 26 heavy (non-hydrogen) atoms. The van der Waals surface area contributed by atoms with E-state index in [1.54, 1.807) is 30.1 Å². The predicted octanol–water partition coefficient (Wildman–Crippen LogP) is 2.39. The number of likely N-dealkylation sites (N-methyl/N-ethyl adjacent to an activating group) is 1. The number of aromatic nitrogens is 1. The zero-order valence-corrected chi connectivity index (χ0v) is 14.2. The molecule has 3 aromatic rings. The summed E-state index contributed by atoms with van der Waals surface area (Å²) in [4.78, 5) is 31.2. The monoisotopic (exact) mass is 347 g/mol. The maximum Gasteiger partial charge on any atom is 0.277 e. The Hall–Kier alpha value is -3.41. The second-order valence-corrected chi connectivity index (χ2v) is 5.99. The molecule has 1 aromatic heterocycles. The molecule has 4 rings (SSSR count). The van der Waals surface area contributed by atoms with E-state index in [0.717, 1.165) is 10.9 Å². The summed E-state index contributed by atoms with van der Waals surface area (Å²) in [5.74, 6) is -0.0364. The smallest absolute Gasteiger partial charge is 0.277 e. The molecule has 0 fully saturated rings. The predicted molar refractivity (Wildman–Crippen MR) is 98.3 cm³/mol. The molecule has 1 atom stereocenters. The van der Waals surface area contributed by atoms with Crippen LogP contribution in [0.3, 0.4) is 0 Å². The number of hydrogen-bond acceptors (Lipinski definition) is 4. The summed E-state index contributed by atoms with van der Waals surface area (Å²) in [6, 6.07) is 18.4. The standard InChI is InChI=1S/C20H17N3O3/c1-21-19(24)18-12-23(16-8-4-5-9-17(16)26-18)20(25)15-11-10-13-6-2-3-7-14(13)22-15/h2-11,18H,12H2,1H3,(H,21,24). The highest BCUT2D eigenvalue weighted by molar-refractivity contribution is 6.07. The van der Waals surface area contributed by atoms with E-state index in [0.29, 0.717) is 17.1 Å². The fourth-order valence-corrected chi connectivity index (χ4v) is 3.05. The van der Waals surface area contributed by atoms with Crippen LogP contribution in [0.2, 0.25) is 0 Å². The lowest BCUT2D eigenvalue weighted by Gasteiger charge is -2.33. The average Bonchev–Trinajstić information content (AvgIpc) is 2.71. The maximum atomic E-state index is 13.1. The number of nitrogens with one attached hydrogen (secondary N) is 1. The number of benzene rings is 2. The number of para-hydroxylation sites is 3. The van der Waals surface area contributed by atoms with Crippen LogP contribution < -0.4 is 15.0 Å². The number of fused-ring (bicyclic) bond motifs is 2. The van der Waals surface area contributed by atoms with Crippen LogP contribution in [-0.2, 0) is 4.79 Å². The highest BCUT2D eigenvalue weighted by Gasteiger charge is 2.34. The molecule has 0 bridgehead atoms. The van der Waals surface area contributed by atoms with Crippen LogP contribution in [0.15, 0.2) is 60.7 Å². The summed E-state index contributed by atoms with van der Waals surface area (Å²) in [6.45, 7) is 0.129. The number of amides is 2. The van der Waals surface area contributed by atoms with E-state index in [1.165, 1.54) is 0 Å². The zero-order valence-electron chi connectivity index (χ0n) is 14.2. The van der Waals surface area contributed by atoms with Gasteiger partial charge in [-0.05, 0) is 24.3 Å². The minimum atomic E-state index is -0.765. The Balaban J connectivity index is 1.74. The molecule has 1 N–H and O–H groups in total. The van der Waals surface area contributed by atoms with Crippen molar-refractivity contribution in [3.05, 3.63) is 66.4 Å². The Morgan fingerprint density at radius 1 is 1.08 bits per heavy atom. The van der Waals surface area contributed by atoms with Crippen LogP contribution >= 0.6 is 0 Å². The van der Waals surface area contributed by atoms with Crippen molar-refractivity contribution in [3.8, 4) is 5.75 Å². The molecule has 0 saturated carbocycles. The van der Waals surface area contributed by atoms with Gasteiger partial charge in [0.2, 0.25) is 0 Å². The lowest BCUT2D eigenvalue weighted by Crippen LogP contribution is -2.50. The first kappa shape index (κ1) is 16.1. The van der Waals surface area contributed by atoms with Gasteiger partial charge < -0.3 is 10.1 Å². The number of carbonyl (C=O) groups is 2. The van der Waals surface area contributed by atoms with Gasteiger partial charge in [0.1, 0.15) is 11.4 Å².